The number of nitrogens with one attached hydrogen (secondary N) is 1. The van der Waals surface area contributed by atoms with Crippen molar-refractivity contribution >= 4 is 6.03 Å². The average Bonchev–Trinajstić information content (AvgIpc) is 3.14. The van der Waals surface area contributed by atoms with Crippen LogP contribution in [0.15, 0.2) is 22.7 Å². The number of amides is 2. The number of likely N-dealkylation sites (tertiary alicyclic amines) is 1. The molecular weight excluding hydrogens is 340 g/mol. The Kier molecular flexibility index (Phi) is 5.14. The Morgan fingerprint density at radius 2 is 1.96 bits per heavy atom. The molecule has 27 heavy (non-hydrogen) atoms. The van der Waals surface area contributed by atoms with E-state index in [1.54, 1.807) is 0 Å². The zero-order valence-electron chi connectivity index (χ0n) is 16.2. The summed E-state index contributed by atoms with van der Waals surface area (Å²) in [6, 6.07) is 6.72. The summed E-state index contributed by atoms with van der Waals surface area (Å²) in [7, 11) is 0. The van der Waals surface area contributed by atoms with Gasteiger partial charge < -0.3 is 14.7 Å². The number of hydrogen-bond donors (Lipinski definition) is 1. The van der Waals surface area contributed by atoms with Crippen molar-refractivity contribution < 1.29 is 9.32 Å². The number of urea groups is 1. The highest BCUT2D eigenvalue weighted by Gasteiger charge is 2.28. The molecule has 2 aromatic rings. The van der Waals surface area contributed by atoms with Gasteiger partial charge in [0.1, 0.15) is 0 Å². The number of aromatic nitrogens is 2. The first-order valence-corrected chi connectivity index (χ1v) is 10.1. The monoisotopic (exact) mass is 368 g/mol. The van der Waals surface area contributed by atoms with E-state index >= 15 is 0 Å². The summed E-state index contributed by atoms with van der Waals surface area (Å²) in [6.45, 7) is 5.33. The molecule has 0 unspecified atom stereocenters. The maximum atomic E-state index is 12.7. The van der Waals surface area contributed by atoms with Crippen LogP contribution >= 0.6 is 0 Å². The third kappa shape index (κ3) is 3.99. The second-order valence-electron chi connectivity index (χ2n) is 7.85. The average molecular weight is 368 g/mol. The molecule has 6 heteroatoms. The number of hydrogen-bond acceptors (Lipinski definition) is 4. The second kappa shape index (κ2) is 7.71. The van der Waals surface area contributed by atoms with Gasteiger partial charge in [0.15, 0.2) is 5.82 Å². The van der Waals surface area contributed by atoms with Crippen molar-refractivity contribution in [3.05, 3.63) is 46.6 Å². The Morgan fingerprint density at radius 3 is 2.67 bits per heavy atom. The van der Waals surface area contributed by atoms with E-state index < -0.39 is 0 Å². The largest absolute Gasteiger partial charge is 0.339 e. The highest BCUT2D eigenvalue weighted by atomic mass is 16.5. The van der Waals surface area contributed by atoms with E-state index in [2.05, 4.69) is 40.6 Å². The van der Waals surface area contributed by atoms with Gasteiger partial charge in [-0.2, -0.15) is 4.98 Å². The first kappa shape index (κ1) is 18.0. The molecule has 0 bridgehead atoms. The lowest BCUT2D eigenvalue weighted by Gasteiger charge is -2.31. The zero-order valence-corrected chi connectivity index (χ0v) is 16.2. The summed E-state index contributed by atoms with van der Waals surface area (Å²) in [4.78, 5) is 18.9. The lowest BCUT2D eigenvalue weighted by Crippen LogP contribution is -2.44. The van der Waals surface area contributed by atoms with Crippen molar-refractivity contribution in [2.24, 2.45) is 0 Å². The summed E-state index contributed by atoms with van der Waals surface area (Å²) >= 11 is 0. The molecule has 0 spiro atoms. The SMILES string of the molecule is Cc1noc(C2CCN(C(=O)N[C@@H](C)c3ccc4c(c3)CCCC4)CC2)n1. The Labute approximate surface area is 160 Å². The van der Waals surface area contributed by atoms with E-state index in [4.69, 9.17) is 4.52 Å². The lowest BCUT2D eigenvalue weighted by molar-refractivity contribution is 0.172. The van der Waals surface area contributed by atoms with Crippen LogP contribution in [0.4, 0.5) is 4.79 Å². The van der Waals surface area contributed by atoms with Gasteiger partial charge in [0.25, 0.3) is 0 Å². The number of carbonyl (C=O) groups is 1. The van der Waals surface area contributed by atoms with Crippen LogP contribution in [0.1, 0.15) is 73.0 Å². The molecule has 4 rings (SSSR count). The maximum absolute atomic E-state index is 12.7. The van der Waals surface area contributed by atoms with E-state index in [0.717, 1.165) is 32.4 Å². The van der Waals surface area contributed by atoms with Gasteiger partial charge in [-0.25, -0.2) is 4.79 Å². The molecule has 0 saturated carbocycles. The molecule has 1 aliphatic heterocycles. The van der Waals surface area contributed by atoms with Gasteiger partial charge in [-0.1, -0.05) is 23.4 Å². The number of benzene rings is 1. The van der Waals surface area contributed by atoms with E-state index in [0.29, 0.717) is 11.7 Å². The third-order valence-corrected chi connectivity index (χ3v) is 5.89. The van der Waals surface area contributed by atoms with Gasteiger partial charge in [0, 0.05) is 19.0 Å². The molecule has 1 fully saturated rings. The quantitative estimate of drug-likeness (QED) is 0.892. The second-order valence-corrected chi connectivity index (χ2v) is 7.85. The first-order valence-electron chi connectivity index (χ1n) is 10.1. The summed E-state index contributed by atoms with van der Waals surface area (Å²) < 4.78 is 5.29. The van der Waals surface area contributed by atoms with Crippen LogP contribution in [0, 0.1) is 6.92 Å². The molecule has 2 amide bonds. The van der Waals surface area contributed by atoms with Crippen molar-refractivity contribution in [1.82, 2.24) is 20.4 Å². The number of piperidine rings is 1. The smallest absolute Gasteiger partial charge is 0.317 e. The van der Waals surface area contributed by atoms with E-state index in [9.17, 15) is 4.79 Å². The number of aryl methyl sites for hydroxylation is 3. The molecular formula is C21H28N4O2. The normalized spacial score (nSPS) is 18.8. The Bertz CT molecular complexity index is 808. The fraction of sp³-hybridized carbons (Fsp3) is 0.571. The number of nitrogens with zero attached hydrogens (tertiary/aromatic N) is 3. The van der Waals surface area contributed by atoms with Crippen molar-refractivity contribution in [3.63, 3.8) is 0 Å². The predicted molar refractivity (Wildman–Crippen MR) is 103 cm³/mol. The van der Waals surface area contributed by atoms with Gasteiger partial charge in [0.2, 0.25) is 5.89 Å². The molecule has 2 aliphatic rings. The van der Waals surface area contributed by atoms with Gasteiger partial charge >= 0.3 is 6.03 Å². The van der Waals surface area contributed by atoms with Crippen LogP contribution in [0.2, 0.25) is 0 Å². The van der Waals surface area contributed by atoms with Gasteiger partial charge in [-0.05, 0) is 69.1 Å². The van der Waals surface area contributed by atoms with Crippen LogP contribution in [0.25, 0.3) is 0 Å². The summed E-state index contributed by atoms with van der Waals surface area (Å²) in [6.07, 6.45) is 6.63. The zero-order chi connectivity index (χ0) is 18.8. The standard InChI is InChI=1S/C21H28N4O2/c1-14(18-8-7-16-5-3-4-6-19(16)13-18)22-21(26)25-11-9-17(10-12-25)20-23-15(2)24-27-20/h7-8,13-14,17H,3-6,9-12H2,1-2H3,(H,22,26)/t14-/m0/s1. The molecule has 1 aliphatic carbocycles. The minimum absolute atomic E-state index is 0.0142. The van der Waals surface area contributed by atoms with Crippen molar-refractivity contribution in [2.75, 3.05) is 13.1 Å². The first-order chi connectivity index (χ1) is 13.1. The Hall–Kier alpha value is -2.37. The highest BCUT2D eigenvalue weighted by Crippen LogP contribution is 2.28. The minimum atomic E-state index is 0.0142. The van der Waals surface area contributed by atoms with Gasteiger partial charge in [-0.3, -0.25) is 0 Å². The summed E-state index contributed by atoms with van der Waals surface area (Å²) in [5.74, 6) is 1.63. The van der Waals surface area contributed by atoms with Crippen LogP contribution < -0.4 is 5.32 Å². The molecule has 1 aromatic carbocycles. The number of fused-ring (bicyclic) bond motifs is 1. The van der Waals surface area contributed by atoms with Crippen LogP contribution in [-0.4, -0.2) is 34.2 Å². The van der Waals surface area contributed by atoms with Gasteiger partial charge in [-0.15, -0.1) is 0 Å². The lowest BCUT2D eigenvalue weighted by atomic mass is 9.89. The van der Waals surface area contributed by atoms with Crippen LogP contribution in [0.5, 0.6) is 0 Å². The molecule has 6 nitrogen and oxygen atoms in total. The molecule has 1 aromatic heterocycles. The van der Waals surface area contributed by atoms with Crippen LogP contribution in [-0.2, 0) is 12.8 Å². The van der Waals surface area contributed by atoms with E-state index in [1.807, 2.05) is 11.8 Å². The molecule has 1 atom stereocenters. The van der Waals surface area contributed by atoms with Crippen molar-refractivity contribution in [2.45, 2.75) is 64.3 Å². The van der Waals surface area contributed by atoms with E-state index in [1.165, 1.54) is 36.0 Å². The van der Waals surface area contributed by atoms with Gasteiger partial charge in [0.05, 0.1) is 6.04 Å². The van der Waals surface area contributed by atoms with Crippen LogP contribution in [0.3, 0.4) is 0 Å². The Balaban J connectivity index is 1.32. The molecule has 1 saturated heterocycles. The van der Waals surface area contributed by atoms with Crippen molar-refractivity contribution in [1.29, 1.82) is 0 Å². The Morgan fingerprint density at radius 1 is 1.22 bits per heavy atom. The van der Waals surface area contributed by atoms with Crippen molar-refractivity contribution in [3.8, 4) is 0 Å². The topological polar surface area (TPSA) is 71.3 Å². The van der Waals surface area contributed by atoms with E-state index in [-0.39, 0.29) is 18.0 Å². The maximum Gasteiger partial charge on any atom is 0.317 e. The summed E-state index contributed by atoms with van der Waals surface area (Å²) in [5, 5.41) is 7.04. The minimum Gasteiger partial charge on any atom is -0.339 e. The predicted octanol–water partition coefficient (Wildman–Crippen LogP) is 3.91. The summed E-state index contributed by atoms with van der Waals surface area (Å²) in [5.41, 5.74) is 4.12. The highest BCUT2D eigenvalue weighted by molar-refractivity contribution is 5.74. The molecule has 1 N–H and O–H groups in total. The fourth-order valence-electron chi connectivity index (χ4n) is 4.19. The third-order valence-electron chi connectivity index (χ3n) is 5.89. The number of rotatable bonds is 3. The molecule has 2 heterocycles. The molecule has 144 valence electrons. The fourth-order valence-corrected chi connectivity index (χ4v) is 4.19. The number of carbonyl (C=O) groups excluding carboxylic acids is 1. The molecule has 0 radical (unpaired) electrons.